The molecule has 7 rings (SSSR count). The number of nitrogens with zero attached hydrogens (tertiary/aromatic N) is 1. The van der Waals surface area contributed by atoms with Crippen molar-refractivity contribution >= 4 is 40.6 Å². The number of benzene rings is 3. The Kier molecular flexibility index (Phi) is 5.65. The maximum atomic E-state index is 15.0. The molecule has 0 unspecified atom stereocenters. The smallest absolute Gasteiger partial charge is 0.251 e. The van der Waals surface area contributed by atoms with Crippen molar-refractivity contribution in [3.63, 3.8) is 0 Å². The van der Waals surface area contributed by atoms with Crippen molar-refractivity contribution in [3.05, 3.63) is 76.3 Å². The van der Waals surface area contributed by atoms with Gasteiger partial charge in [-0.25, -0.2) is 0 Å². The van der Waals surface area contributed by atoms with Crippen LogP contribution in [0.3, 0.4) is 0 Å². The number of carbonyl (C=O) groups excluding carboxylic acids is 3. The van der Waals surface area contributed by atoms with Crippen molar-refractivity contribution in [2.75, 3.05) is 38.5 Å². The minimum atomic E-state index is -1.58. The van der Waals surface area contributed by atoms with Gasteiger partial charge in [0.15, 0.2) is 17.3 Å². The first-order valence-electron chi connectivity index (χ1n) is 13.5. The number of methoxy groups -OCH3 is 3. The van der Waals surface area contributed by atoms with Gasteiger partial charge in [0.2, 0.25) is 11.7 Å². The Bertz CT molecular complexity index is 1630. The lowest BCUT2D eigenvalue weighted by atomic mass is 9.57. The Morgan fingerprint density at radius 3 is 2.29 bits per heavy atom. The fourth-order valence-electron chi connectivity index (χ4n) is 7.95. The second-order valence-corrected chi connectivity index (χ2v) is 11.3. The molecule has 0 aliphatic carbocycles. The maximum absolute atomic E-state index is 15.0. The number of ketones is 1. The number of hydrogen-bond acceptors (Lipinski definition) is 7. The number of para-hydroxylation sites is 1. The largest absolute Gasteiger partial charge is 0.493 e. The number of nitrogens with one attached hydrogen (secondary N) is 2. The van der Waals surface area contributed by atoms with Crippen LogP contribution in [-0.2, 0) is 20.5 Å². The number of amides is 2. The number of fused-ring (bicyclic) bond motifs is 7. The molecule has 4 atom stereocenters. The monoisotopic (exact) mass is 573 g/mol. The predicted octanol–water partition coefficient (Wildman–Crippen LogP) is 4.38. The first kappa shape index (κ1) is 25.9. The molecule has 2 saturated heterocycles. The third kappa shape index (κ3) is 3.02. The molecule has 2 spiro atoms. The van der Waals surface area contributed by atoms with Crippen molar-refractivity contribution in [2.45, 2.75) is 29.8 Å². The van der Waals surface area contributed by atoms with Crippen LogP contribution in [0, 0.1) is 5.92 Å². The molecule has 0 radical (unpaired) electrons. The zero-order valence-electron chi connectivity index (χ0n) is 22.7. The predicted molar refractivity (Wildman–Crippen MR) is 152 cm³/mol. The van der Waals surface area contributed by atoms with Gasteiger partial charge in [-0.15, -0.1) is 0 Å². The molecule has 210 valence electrons. The van der Waals surface area contributed by atoms with E-state index in [0.29, 0.717) is 63.3 Å². The minimum Gasteiger partial charge on any atom is -0.493 e. The van der Waals surface area contributed by atoms with Crippen LogP contribution >= 0.6 is 11.6 Å². The molecular weight excluding hydrogens is 546 g/mol. The van der Waals surface area contributed by atoms with Crippen LogP contribution in [0.1, 0.15) is 34.3 Å². The van der Waals surface area contributed by atoms with Crippen molar-refractivity contribution in [3.8, 4) is 17.2 Å². The van der Waals surface area contributed by atoms with Crippen LogP contribution in [0.2, 0.25) is 5.02 Å². The molecule has 4 heterocycles. The van der Waals surface area contributed by atoms with Gasteiger partial charge in [-0.3, -0.25) is 19.3 Å². The summed E-state index contributed by atoms with van der Waals surface area (Å²) in [4.78, 5) is 46.1. The molecule has 0 bridgehead atoms. The lowest BCUT2D eigenvalue weighted by molar-refractivity contribution is -0.137. The van der Waals surface area contributed by atoms with Crippen LogP contribution in [0.25, 0.3) is 0 Å². The summed E-state index contributed by atoms with van der Waals surface area (Å²) in [7, 11) is 4.47. The average Bonchev–Trinajstić information content (AvgIpc) is 3.70. The van der Waals surface area contributed by atoms with E-state index in [-0.39, 0.29) is 17.6 Å². The molecule has 2 amide bonds. The molecule has 4 aliphatic rings. The summed E-state index contributed by atoms with van der Waals surface area (Å²) in [6.07, 6.45) is 1.41. The summed E-state index contributed by atoms with van der Waals surface area (Å²) >= 11 is 6.53. The molecule has 3 aromatic carbocycles. The summed E-state index contributed by atoms with van der Waals surface area (Å²) in [5.74, 6) is -0.912. The van der Waals surface area contributed by atoms with Gasteiger partial charge in [-0.1, -0.05) is 29.8 Å². The van der Waals surface area contributed by atoms with Crippen LogP contribution in [0.4, 0.5) is 11.4 Å². The number of Topliss-reactive ketones (excluding diaryl/α,β-unsaturated/α-hetero) is 1. The van der Waals surface area contributed by atoms with Crippen LogP contribution in [-0.4, -0.2) is 56.4 Å². The van der Waals surface area contributed by atoms with Gasteiger partial charge >= 0.3 is 0 Å². The van der Waals surface area contributed by atoms with E-state index in [9.17, 15) is 14.4 Å². The van der Waals surface area contributed by atoms with Gasteiger partial charge in [0.05, 0.1) is 27.2 Å². The molecule has 10 heteroatoms. The van der Waals surface area contributed by atoms with Crippen molar-refractivity contribution in [1.82, 2.24) is 4.90 Å². The van der Waals surface area contributed by atoms with E-state index in [4.69, 9.17) is 25.8 Å². The van der Waals surface area contributed by atoms with Gasteiger partial charge in [-0.2, -0.15) is 0 Å². The fourth-order valence-corrected chi connectivity index (χ4v) is 8.13. The van der Waals surface area contributed by atoms with Crippen molar-refractivity contribution < 1.29 is 28.6 Å². The fraction of sp³-hybridized carbons (Fsp3) is 0.323. The number of hydrogen-bond donors (Lipinski definition) is 2. The topological polar surface area (TPSA) is 106 Å². The van der Waals surface area contributed by atoms with E-state index in [2.05, 4.69) is 15.5 Å². The van der Waals surface area contributed by atoms with Gasteiger partial charge in [0.25, 0.3) is 5.91 Å². The molecular formula is C31H28ClN3O6. The quantitative estimate of drug-likeness (QED) is 0.436. The first-order chi connectivity index (χ1) is 19.8. The van der Waals surface area contributed by atoms with E-state index < -0.39 is 22.9 Å². The molecule has 2 fully saturated rings. The first-order valence-corrected chi connectivity index (χ1v) is 13.9. The lowest BCUT2D eigenvalue weighted by Crippen LogP contribution is -2.62. The summed E-state index contributed by atoms with van der Waals surface area (Å²) in [6.45, 7) is 0.542. The Balaban J connectivity index is 1.55. The van der Waals surface area contributed by atoms with E-state index in [1.165, 1.54) is 21.3 Å². The van der Waals surface area contributed by atoms with E-state index in [1.54, 1.807) is 30.3 Å². The highest BCUT2D eigenvalue weighted by Crippen LogP contribution is 2.68. The van der Waals surface area contributed by atoms with Crippen LogP contribution in [0.15, 0.2) is 54.6 Å². The molecule has 41 heavy (non-hydrogen) atoms. The third-order valence-electron chi connectivity index (χ3n) is 9.29. The summed E-state index contributed by atoms with van der Waals surface area (Å²) in [5, 5.41) is 6.51. The number of anilines is 2. The van der Waals surface area contributed by atoms with E-state index >= 15 is 0 Å². The number of rotatable bonds is 5. The normalized spacial score (nSPS) is 27.4. The SMILES string of the molecule is COc1cc(C(=O)[C@H]2[C@H]3CCCN3[C@@]3(C(=O)Nc4ccc(Cl)cc43)[C@]23C(=O)Nc2ccccc23)cc(OC)c1OC. The maximum Gasteiger partial charge on any atom is 0.251 e. The second-order valence-electron chi connectivity index (χ2n) is 10.8. The van der Waals surface area contributed by atoms with E-state index in [0.717, 1.165) is 6.42 Å². The Hall–Kier alpha value is -4.08. The zero-order valence-corrected chi connectivity index (χ0v) is 23.5. The van der Waals surface area contributed by atoms with Gasteiger partial charge in [-0.05, 0) is 61.3 Å². The van der Waals surface area contributed by atoms with E-state index in [1.807, 2.05) is 24.3 Å². The summed E-state index contributed by atoms with van der Waals surface area (Å²) in [6, 6.07) is 15.4. The number of ether oxygens (including phenoxy) is 3. The van der Waals surface area contributed by atoms with Crippen LogP contribution < -0.4 is 24.8 Å². The highest BCUT2D eigenvalue weighted by atomic mass is 35.5. The second kappa shape index (κ2) is 8.96. The van der Waals surface area contributed by atoms with Gasteiger partial charge in [0, 0.05) is 33.6 Å². The molecule has 4 aliphatic heterocycles. The van der Waals surface area contributed by atoms with Gasteiger partial charge in [0.1, 0.15) is 11.0 Å². The molecule has 3 aromatic rings. The number of halogens is 1. The summed E-state index contributed by atoms with van der Waals surface area (Å²) in [5.41, 5.74) is -0.374. The Labute approximate surface area is 241 Å². The van der Waals surface area contributed by atoms with Crippen molar-refractivity contribution in [1.29, 1.82) is 0 Å². The van der Waals surface area contributed by atoms with Crippen molar-refractivity contribution in [2.24, 2.45) is 5.92 Å². The molecule has 9 nitrogen and oxygen atoms in total. The highest BCUT2D eigenvalue weighted by molar-refractivity contribution is 6.31. The lowest BCUT2D eigenvalue weighted by Gasteiger charge is -2.43. The minimum absolute atomic E-state index is 0.284. The van der Waals surface area contributed by atoms with Crippen LogP contribution in [0.5, 0.6) is 17.2 Å². The standard InChI is InChI=1S/C31H28ClN3O6/c1-39-23-13-16(14-24(40-2)27(23)41-3)26(36)25-22-9-6-12-35(22)31(19-15-17(32)10-11-21(19)34-29(31)38)30(25)18-7-4-5-8-20(18)33-28(30)37/h4-5,7-8,10-11,13-15,22,25H,6,9,12H2,1-3H3,(H,33,37)(H,34,38)/t22-,25-,30+,31+/m1/s1. The average molecular weight is 574 g/mol. The van der Waals surface area contributed by atoms with Gasteiger partial charge < -0.3 is 24.8 Å². The number of carbonyl (C=O) groups is 3. The molecule has 2 N–H and O–H groups in total. The Morgan fingerprint density at radius 2 is 1.59 bits per heavy atom. The summed E-state index contributed by atoms with van der Waals surface area (Å²) < 4.78 is 16.6. The molecule has 0 aromatic heterocycles. The highest BCUT2D eigenvalue weighted by Gasteiger charge is 2.81. The Morgan fingerprint density at radius 1 is 0.902 bits per heavy atom. The third-order valence-corrected chi connectivity index (χ3v) is 9.53. The zero-order chi connectivity index (χ0) is 28.7. The molecule has 0 saturated carbocycles.